The number of fused-ring (bicyclic) bond motifs is 1. The summed E-state index contributed by atoms with van der Waals surface area (Å²) in [5.41, 5.74) is 3.49. The predicted molar refractivity (Wildman–Crippen MR) is 123 cm³/mol. The fraction of sp³-hybridized carbons (Fsp3) is 0.143. The van der Waals surface area contributed by atoms with E-state index in [0.717, 1.165) is 30.1 Å². The van der Waals surface area contributed by atoms with Gasteiger partial charge in [0.2, 0.25) is 5.91 Å². The zero-order chi connectivity index (χ0) is 27.1. The van der Waals surface area contributed by atoms with Crippen LogP contribution in [0.15, 0.2) is 36.5 Å². The number of halogens is 4. The molecule has 3 heterocycles. The SMILES string of the molecule is COc1nn(CC(=O)Nc2c(C(N)=O)sc3nc(C(F)(F)F)cc(-c4ccc(F)cc4)c23)cc1[N+](=O)[O-]. The monoisotopic (exact) mass is 538 g/mol. The van der Waals surface area contributed by atoms with Crippen LogP contribution in [0.4, 0.5) is 28.9 Å². The van der Waals surface area contributed by atoms with Crippen molar-refractivity contribution in [3.63, 3.8) is 0 Å². The first-order valence-electron chi connectivity index (χ1n) is 10.0. The molecule has 2 amide bonds. The highest BCUT2D eigenvalue weighted by molar-refractivity contribution is 7.21. The minimum absolute atomic E-state index is 0.0317. The summed E-state index contributed by atoms with van der Waals surface area (Å²) in [6, 6.07) is 5.24. The molecule has 1 aromatic carbocycles. The number of alkyl halides is 3. The molecule has 0 atom stereocenters. The van der Waals surface area contributed by atoms with Gasteiger partial charge in [-0.3, -0.25) is 24.4 Å². The summed E-state index contributed by atoms with van der Waals surface area (Å²) in [7, 11) is 1.15. The number of nitrogens with one attached hydrogen (secondary N) is 1. The summed E-state index contributed by atoms with van der Waals surface area (Å²) in [6.45, 7) is -0.584. The highest BCUT2D eigenvalue weighted by Crippen LogP contribution is 2.43. The molecule has 192 valence electrons. The predicted octanol–water partition coefficient (Wildman–Crippen LogP) is 3.97. The number of amides is 2. The number of primary amides is 1. The Kier molecular flexibility index (Phi) is 6.51. The molecule has 11 nitrogen and oxygen atoms in total. The van der Waals surface area contributed by atoms with Crippen LogP contribution in [0.2, 0.25) is 0 Å². The van der Waals surface area contributed by atoms with Crippen molar-refractivity contribution in [2.24, 2.45) is 5.73 Å². The molecule has 0 aliphatic rings. The van der Waals surface area contributed by atoms with E-state index < -0.39 is 46.7 Å². The van der Waals surface area contributed by atoms with Crippen LogP contribution in [0, 0.1) is 15.9 Å². The first-order chi connectivity index (χ1) is 17.4. The lowest BCUT2D eigenvalue weighted by Gasteiger charge is -2.12. The zero-order valence-corrected chi connectivity index (χ0v) is 19.3. The van der Waals surface area contributed by atoms with Gasteiger partial charge in [0.25, 0.3) is 5.91 Å². The number of ether oxygens (including phenoxy) is 1. The number of pyridine rings is 1. The molecule has 0 fully saturated rings. The number of methoxy groups -OCH3 is 1. The highest BCUT2D eigenvalue weighted by atomic mass is 32.1. The Bertz CT molecular complexity index is 1550. The number of nitrogens with zero attached hydrogens (tertiary/aromatic N) is 4. The zero-order valence-electron chi connectivity index (χ0n) is 18.5. The van der Waals surface area contributed by atoms with Gasteiger partial charge in [0, 0.05) is 5.39 Å². The average molecular weight is 538 g/mol. The normalized spacial score (nSPS) is 11.5. The van der Waals surface area contributed by atoms with Gasteiger partial charge >= 0.3 is 17.7 Å². The lowest BCUT2D eigenvalue weighted by Crippen LogP contribution is -2.21. The molecule has 0 aliphatic heterocycles. The lowest BCUT2D eigenvalue weighted by molar-refractivity contribution is -0.385. The Balaban J connectivity index is 1.84. The molecule has 0 radical (unpaired) electrons. The number of benzene rings is 1. The summed E-state index contributed by atoms with van der Waals surface area (Å²) in [5.74, 6) is -2.87. The largest absolute Gasteiger partial charge is 0.475 e. The molecule has 4 aromatic rings. The van der Waals surface area contributed by atoms with Crippen molar-refractivity contribution in [2.45, 2.75) is 12.7 Å². The summed E-state index contributed by atoms with van der Waals surface area (Å²) < 4.78 is 59.9. The molecule has 0 bridgehead atoms. The van der Waals surface area contributed by atoms with E-state index in [-0.39, 0.29) is 37.8 Å². The summed E-state index contributed by atoms with van der Waals surface area (Å²) in [6.07, 6.45) is -3.91. The van der Waals surface area contributed by atoms with E-state index in [1.807, 2.05) is 0 Å². The number of anilines is 1. The van der Waals surface area contributed by atoms with Gasteiger partial charge in [-0.15, -0.1) is 16.4 Å². The van der Waals surface area contributed by atoms with Crippen molar-refractivity contribution in [3.8, 4) is 17.0 Å². The third-order valence-corrected chi connectivity index (χ3v) is 6.10. The number of rotatable bonds is 7. The molecule has 0 spiro atoms. The van der Waals surface area contributed by atoms with E-state index in [1.54, 1.807) is 0 Å². The van der Waals surface area contributed by atoms with Gasteiger partial charge in [-0.1, -0.05) is 12.1 Å². The van der Waals surface area contributed by atoms with Crippen molar-refractivity contribution >= 4 is 44.7 Å². The van der Waals surface area contributed by atoms with Gasteiger partial charge < -0.3 is 15.8 Å². The first-order valence-corrected chi connectivity index (χ1v) is 10.9. The van der Waals surface area contributed by atoms with Crippen molar-refractivity contribution in [2.75, 3.05) is 12.4 Å². The van der Waals surface area contributed by atoms with Gasteiger partial charge in [0.15, 0.2) is 0 Å². The first kappa shape index (κ1) is 25.5. The lowest BCUT2D eigenvalue weighted by atomic mass is 10.0. The van der Waals surface area contributed by atoms with E-state index in [9.17, 15) is 37.3 Å². The molecule has 0 saturated carbocycles. The Morgan fingerprint density at radius 2 is 1.95 bits per heavy atom. The summed E-state index contributed by atoms with van der Waals surface area (Å²) >= 11 is 0.530. The van der Waals surface area contributed by atoms with Crippen LogP contribution in [-0.2, 0) is 17.5 Å². The van der Waals surface area contributed by atoms with Crippen molar-refractivity contribution in [3.05, 3.63) is 63.0 Å². The van der Waals surface area contributed by atoms with Crippen LogP contribution >= 0.6 is 11.3 Å². The molecule has 3 aromatic heterocycles. The quantitative estimate of drug-likeness (QED) is 0.205. The molecular formula is C21H14F4N6O5S. The van der Waals surface area contributed by atoms with Crippen LogP contribution in [0.1, 0.15) is 15.4 Å². The van der Waals surface area contributed by atoms with Crippen molar-refractivity contribution in [1.82, 2.24) is 14.8 Å². The van der Waals surface area contributed by atoms with Gasteiger partial charge in [-0.25, -0.2) is 9.37 Å². The van der Waals surface area contributed by atoms with E-state index in [1.165, 1.54) is 12.1 Å². The smallest absolute Gasteiger partial charge is 0.433 e. The van der Waals surface area contributed by atoms with Crippen LogP contribution in [0.5, 0.6) is 5.88 Å². The van der Waals surface area contributed by atoms with Gasteiger partial charge in [0.1, 0.15) is 34.0 Å². The third-order valence-electron chi connectivity index (χ3n) is 5.00. The number of thiophene rings is 1. The Morgan fingerprint density at radius 3 is 2.49 bits per heavy atom. The molecule has 0 saturated heterocycles. The molecule has 16 heteroatoms. The number of nitro groups is 1. The minimum atomic E-state index is -4.85. The number of carbonyl (C=O) groups excluding carboxylic acids is 2. The summed E-state index contributed by atoms with van der Waals surface area (Å²) in [5, 5.41) is 17.3. The molecule has 4 rings (SSSR count). The summed E-state index contributed by atoms with van der Waals surface area (Å²) in [4.78, 5) is 38.4. The molecule has 3 N–H and O–H groups in total. The molecule has 37 heavy (non-hydrogen) atoms. The Morgan fingerprint density at radius 1 is 1.27 bits per heavy atom. The number of carbonyl (C=O) groups is 2. The Hall–Kier alpha value is -4.60. The standard InChI is InChI=1S/C21H14F4N6O5S/c1-36-19-12(31(34)35)7-30(29-19)8-14(32)28-16-15-11(9-2-4-10(22)5-3-9)6-13(21(23,24)25)27-20(15)37-17(16)18(26)33/h2-7H,8H2,1H3,(H2,26,33)(H,28,32). The maximum absolute atomic E-state index is 13.6. The second kappa shape index (κ2) is 9.45. The van der Waals surface area contributed by atoms with Crippen LogP contribution < -0.4 is 15.8 Å². The van der Waals surface area contributed by atoms with Crippen LogP contribution in [0.25, 0.3) is 21.3 Å². The van der Waals surface area contributed by atoms with E-state index in [4.69, 9.17) is 10.5 Å². The molecule has 0 unspecified atom stereocenters. The maximum Gasteiger partial charge on any atom is 0.433 e. The van der Waals surface area contributed by atoms with Crippen LogP contribution in [-0.4, -0.2) is 38.6 Å². The van der Waals surface area contributed by atoms with Crippen LogP contribution in [0.3, 0.4) is 0 Å². The molecule has 0 aliphatic carbocycles. The molecular weight excluding hydrogens is 524 g/mol. The average Bonchev–Trinajstić information content (AvgIpc) is 3.40. The topological polar surface area (TPSA) is 155 Å². The van der Waals surface area contributed by atoms with Crippen molar-refractivity contribution < 1.29 is 36.8 Å². The highest BCUT2D eigenvalue weighted by Gasteiger charge is 2.35. The van der Waals surface area contributed by atoms with E-state index >= 15 is 0 Å². The van der Waals surface area contributed by atoms with Gasteiger partial charge in [0.05, 0.1) is 17.7 Å². The minimum Gasteiger partial charge on any atom is -0.475 e. The number of hydrogen-bond acceptors (Lipinski definition) is 8. The Labute approximate surface area is 207 Å². The second-order valence-electron chi connectivity index (χ2n) is 7.44. The number of aromatic nitrogens is 3. The van der Waals surface area contributed by atoms with E-state index in [0.29, 0.717) is 17.4 Å². The maximum atomic E-state index is 13.6. The van der Waals surface area contributed by atoms with Gasteiger partial charge in [-0.2, -0.15) is 13.2 Å². The van der Waals surface area contributed by atoms with Crippen molar-refractivity contribution in [1.29, 1.82) is 0 Å². The van der Waals surface area contributed by atoms with E-state index in [2.05, 4.69) is 15.4 Å². The fourth-order valence-corrected chi connectivity index (χ4v) is 4.47. The second-order valence-corrected chi connectivity index (χ2v) is 8.44. The number of hydrogen-bond donors (Lipinski definition) is 2. The number of nitrogens with two attached hydrogens (primary N) is 1. The van der Waals surface area contributed by atoms with Gasteiger partial charge in [-0.05, 0) is 29.3 Å². The fourth-order valence-electron chi connectivity index (χ4n) is 3.46. The third kappa shape index (κ3) is 5.04.